The van der Waals surface area contributed by atoms with E-state index in [1.165, 1.54) is 0 Å². The van der Waals surface area contributed by atoms with Gasteiger partial charge in [-0.3, -0.25) is 0 Å². The molecule has 0 saturated carbocycles. The summed E-state index contributed by atoms with van der Waals surface area (Å²) in [4.78, 5) is 22.4. The molecule has 1 atom stereocenters. The third-order valence-electron chi connectivity index (χ3n) is 2.75. The van der Waals surface area contributed by atoms with Crippen molar-refractivity contribution < 1.29 is 29.0 Å². The summed E-state index contributed by atoms with van der Waals surface area (Å²) in [6, 6.07) is 0. The van der Waals surface area contributed by atoms with E-state index < -0.39 is 18.0 Å². The van der Waals surface area contributed by atoms with Gasteiger partial charge in [-0.25, -0.2) is 4.79 Å². The Hall–Kier alpha value is -1.56. The first-order valence-corrected chi connectivity index (χ1v) is 7.24. The van der Waals surface area contributed by atoms with Crippen molar-refractivity contribution in [2.75, 3.05) is 27.7 Å². The molecule has 0 saturated heterocycles. The highest BCUT2D eigenvalue weighted by Gasteiger charge is 2.22. The molecule has 0 amide bonds. The predicted octanol–water partition coefficient (Wildman–Crippen LogP) is 0.767. The Morgan fingerprint density at radius 1 is 1.29 bits per heavy atom. The van der Waals surface area contributed by atoms with Gasteiger partial charge in [0.15, 0.2) is 6.10 Å². The molecule has 6 nitrogen and oxygen atoms in total. The fraction of sp³-hybridized carbons (Fsp3) is 0.733. The molecule has 0 aromatic rings. The van der Waals surface area contributed by atoms with Gasteiger partial charge in [-0.2, -0.15) is 0 Å². The molecular formula is C15H27NO5. The zero-order chi connectivity index (χ0) is 16.5. The number of carboxylic acid groups (broad SMARTS) is 1. The highest BCUT2D eigenvalue weighted by molar-refractivity contribution is 5.82. The van der Waals surface area contributed by atoms with Crippen molar-refractivity contribution in [1.29, 1.82) is 0 Å². The van der Waals surface area contributed by atoms with Crippen LogP contribution in [-0.4, -0.2) is 55.3 Å². The number of carboxylic acids is 1. The number of esters is 1. The van der Waals surface area contributed by atoms with Gasteiger partial charge in [-0.1, -0.05) is 19.8 Å². The van der Waals surface area contributed by atoms with Crippen LogP contribution in [0.1, 0.15) is 39.0 Å². The van der Waals surface area contributed by atoms with Crippen LogP contribution in [-0.2, 0) is 14.3 Å². The molecule has 0 aromatic carbocycles. The highest BCUT2D eigenvalue weighted by Crippen LogP contribution is 2.09. The van der Waals surface area contributed by atoms with Crippen LogP contribution in [0, 0.1) is 0 Å². The number of carbonyl (C=O) groups excluding carboxylic acids is 2. The largest absolute Gasteiger partial charge is 0.550 e. The quantitative estimate of drug-likeness (QED) is 0.212. The second-order valence-corrected chi connectivity index (χ2v) is 6.20. The van der Waals surface area contributed by atoms with Crippen LogP contribution in [0.3, 0.4) is 0 Å². The van der Waals surface area contributed by atoms with Crippen LogP contribution in [0.25, 0.3) is 0 Å². The number of aliphatic hydroxyl groups is 1. The topological polar surface area (TPSA) is 86.7 Å². The van der Waals surface area contributed by atoms with Crippen molar-refractivity contribution in [3.63, 3.8) is 0 Å². The third-order valence-corrected chi connectivity index (χ3v) is 2.75. The van der Waals surface area contributed by atoms with E-state index >= 15 is 0 Å². The molecule has 0 aliphatic heterocycles. The Bertz CT molecular complexity index is 371. The van der Waals surface area contributed by atoms with Gasteiger partial charge in [0.05, 0.1) is 33.0 Å². The van der Waals surface area contributed by atoms with E-state index in [1.54, 1.807) is 0 Å². The minimum atomic E-state index is -1.27. The number of likely N-dealkylation sites (N-methyl/N-ethyl adjacent to an activating group) is 1. The SMILES string of the molecule is CCCCCC(O)=CC(=O)OC(CC(=O)[O-])C[N+](C)(C)C. The van der Waals surface area contributed by atoms with Gasteiger partial charge >= 0.3 is 5.97 Å². The standard InChI is InChI=1S/C15H27NO5/c1-5-6-7-8-12(17)9-15(20)21-13(10-14(18)19)11-16(2,3)4/h9,13H,5-8,10-11H2,1-4H3,(H-,17,18,19,20). The normalized spacial score (nSPS) is 13.8. The van der Waals surface area contributed by atoms with Crippen LogP contribution in [0.4, 0.5) is 0 Å². The number of hydrogen-bond donors (Lipinski definition) is 1. The van der Waals surface area contributed by atoms with Crippen molar-refractivity contribution in [3.05, 3.63) is 11.8 Å². The average Bonchev–Trinajstić information content (AvgIpc) is 2.25. The summed E-state index contributed by atoms with van der Waals surface area (Å²) in [7, 11) is 5.61. The number of unbranched alkanes of at least 4 members (excludes halogenated alkanes) is 2. The Labute approximate surface area is 126 Å². The molecule has 0 aliphatic rings. The minimum Gasteiger partial charge on any atom is -0.550 e. The molecule has 1 unspecified atom stereocenters. The van der Waals surface area contributed by atoms with Crippen LogP contribution in [0.15, 0.2) is 11.8 Å². The van der Waals surface area contributed by atoms with Crippen molar-refractivity contribution >= 4 is 11.9 Å². The van der Waals surface area contributed by atoms with Gasteiger partial charge in [0.1, 0.15) is 6.54 Å². The molecule has 0 aromatic heterocycles. The maximum Gasteiger partial charge on any atom is 0.334 e. The lowest BCUT2D eigenvalue weighted by atomic mass is 10.2. The fourth-order valence-electron chi connectivity index (χ4n) is 1.90. The van der Waals surface area contributed by atoms with E-state index in [0.717, 1.165) is 25.3 Å². The fourth-order valence-corrected chi connectivity index (χ4v) is 1.90. The van der Waals surface area contributed by atoms with Gasteiger partial charge < -0.3 is 24.2 Å². The first kappa shape index (κ1) is 19.4. The van der Waals surface area contributed by atoms with Crippen molar-refractivity contribution in [2.45, 2.75) is 45.1 Å². The maximum absolute atomic E-state index is 11.7. The lowest BCUT2D eigenvalue weighted by Gasteiger charge is -2.29. The number of aliphatic hydroxyl groups excluding tert-OH is 1. The Balaban J connectivity index is 4.51. The predicted molar refractivity (Wildman–Crippen MR) is 77.3 cm³/mol. The summed E-state index contributed by atoms with van der Waals surface area (Å²) in [5.74, 6) is -2.02. The lowest BCUT2D eigenvalue weighted by molar-refractivity contribution is -0.873. The van der Waals surface area contributed by atoms with Gasteiger partial charge in [0, 0.05) is 18.8 Å². The van der Waals surface area contributed by atoms with Crippen LogP contribution < -0.4 is 5.11 Å². The van der Waals surface area contributed by atoms with Crippen molar-refractivity contribution in [1.82, 2.24) is 0 Å². The molecule has 1 N–H and O–H groups in total. The van der Waals surface area contributed by atoms with Gasteiger partial charge in [-0.15, -0.1) is 0 Å². The van der Waals surface area contributed by atoms with E-state index in [-0.39, 0.29) is 12.2 Å². The molecule has 0 radical (unpaired) electrons. The van der Waals surface area contributed by atoms with Crippen LogP contribution >= 0.6 is 0 Å². The van der Waals surface area contributed by atoms with Crippen molar-refractivity contribution in [2.24, 2.45) is 0 Å². The minimum absolute atomic E-state index is 0.0362. The average molecular weight is 301 g/mol. The number of quaternary nitrogens is 1. The summed E-state index contributed by atoms with van der Waals surface area (Å²) in [6.07, 6.45) is 3.11. The Morgan fingerprint density at radius 3 is 2.38 bits per heavy atom. The first-order chi connectivity index (χ1) is 9.64. The summed E-state index contributed by atoms with van der Waals surface area (Å²) in [5.41, 5.74) is 0. The maximum atomic E-state index is 11.7. The number of nitrogens with zero attached hydrogens (tertiary/aromatic N) is 1. The van der Waals surface area contributed by atoms with Gasteiger partial charge in [-0.05, 0) is 6.42 Å². The van der Waals surface area contributed by atoms with Gasteiger partial charge in [0.2, 0.25) is 0 Å². The van der Waals surface area contributed by atoms with E-state index in [9.17, 15) is 19.8 Å². The summed E-state index contributed by atoms with van der Waals surface area (Å²) >= 11 is 0. The monoisotopic (exact) mass is 301 g/mol. The molecular weight excluding hydrogens is 274 g/mol. The summed E-state index contributed by atoms with van der Waals surface area (Å²) in [6.45, 7) is 2.40. The zero-order valence-corrected chi connectivity index (χ0v) is 13.4. The number of ether oxygens (including phenoxy) is 1. The van der Waals surface area contributed by atoms with E-state index in [1.807, 2.05) is 28.1 Å². The third kappa shape index (κ3) is 11.9. The summed E-state index contributed by atoms with van der Waals surface area (Å²) in [5, 5.41) is 20.3. The molecule has 0 bridgehead atoms. The molecule has 122 valence electrons. The molecule has 0 heterocycles. The Kier molecular flexibility index (Phi) is 8.69. The van der Waals surface area contributed by atoms with Gasteiger partial charge in [0.25, 0.3) is 0 Å². The number of allylic oxidation sites excluding steroid dienone is 1. The highest BCUT2D eigenvalue weighted by atomic mass is 16.5. The summed E-state index contributed by atoms with van der Waals surface area (Å²) < 4.78 is 5.56. The molecule has 21 heavy (non-hydrogen) atoms. The number of rotatable bonds is 10. The second-order valence-electron chi connectivity index (χ2n) is 6.20. The van der Waals surface area contributed by atoms with Crippen LogP contribution in [0.5, 0.6) is 0 Å². The van der Waals surface area contributed by atoms with E-state index in [0.29, 0.717) is 17.4 Å². The zero-order valence-electron chi connectivity index (χ0n) is 13.4. The molecule has 0 aliphatic carbocycles. The number of hydrogen-bond acceptors (Lipinski definition) is 5. The Morgan fingerprint density at radius 2 is 1.90 bits per heavy atom. The molecule has 6 heteroatoms. The van der Waals surface area contributed by atoms with Crippen molar-refractivity contribution in [3.8, 4) is 0 Å². The molecule has 0 rings (SSSR count). The smallest absolute Gasteiger partial charge is 0.334 e. The lowest BCUT2D eigenvalue weighted by Crippen LogP contribution is -2.45. The van der Waals surface area contributed by atoms with E-state index in [4.69, 9.17) is 4.74 Å². The first-order valence-electron chi connectivity index (χ1n) is 7.24. The second kappa shape index (κ2) is 9.39. The molecule has 0 spiro atoms. The van der Waals surface area contributed by atoms with E-state index in [2.05, 4.69) is 0 Å². The number of carbonyl (C=O) groups is 2. The molecule has 0 fully saturated rings. The number of aliphatic carboxylic acids is 1. The van der Waals surface area contributed by atoms with Crippen LogP contribution in [0.2, 0.25) is 0 Å².